The molecule has 4 N–H and O–H groups in total. The number of phenolic OH excluding ortho intramolecular Hbond substituents is 2. The summed E-state index contributed by atoms with van der Waals surface area (Å²) in [5.74, 6) is -0.860. The van der Waals surface area contributed by atoms with Crippen molar-refractivity contribution in [1.29, 1.82) is 0 Å². The van der Waals surface area contributed by atoms with Crippen molar-refractivity contribution in [2.45, 2.75) is 62.1 Å². The van der Waals surface area contributed by atoms with Crippen molar-refractivity contribution in [3.05, 3.63) is 23.3 Å². The van der Waals surface area contributed by atoms with Crippen LogP contribution in [0.15, 0.2) is 12.1 Å². The second kappa shape index (κ2) is 7.46. The number of carbonyl (C=O) groups is 1. The predicted molar refractivity (Wildman–Crippen MR) is 107 cm³/mol. The van der Waals surface area contributed by atoms with Crippen molar-refractivity contribution >= 4 is 40.9 Å². The molecule has 1 aliphatic rings. The fraction of sp³-hybridized carbons (Fsp3) is 0.588. The molecule has 25 heavy (non-hydrogen) atoms. The van der Waals surface area contributed by atoms with Gasteiger partial charge in [0.25, 0.3) is 5.91 Å². The smallest absolute Gasteiger partial charge is 0.251 e. The van der Waals surface area contributed by atoms with E-state index in [2.05, 4.69) is 27.9 Å². The fourth-order valence-corrected chi connectivity index (χ4v) is 4.11. The molecule has 2 unspecified atom stereocenters. The van der Waals surface area contributed by atoms with Gasteiger partial charge in [0.05, 0.1) is 9.46 Å². The number of halogens is 2. The normalized spacial score (nSPS) is 25.1. The van der Waals surface area contributed by atoms with Gasteiger partial charge in [0.15, 0.2) is 11.5 Å². The van der Waals surface area contributed by atoms with Crippen LogP contribution in [0.2, 0.25) is 0 Å². The summed E-state index contributed by atoms with van der Waals surface area (Å²) in [6, 6.07) is 2.51. The van der Waals surface area contributed by atoms with Crippen LogP contribution >= 0.6 is 35.0 Å². The second-order valence-electron chi connectivity index (χ2n) is 7.62. The van der Waals surface area contributed by atoms with Crippen LogP contribution in [-0.2, 0) is 0 Å². The molecule has 1 amide bonds. The maximum Gasteiger partial charge on any atom is 0.251 e. The lowest BCUT2D eigenvalue weighted by molar-refractivity contribution is -0.241. The molecule has 1 fully saturated rings. The molecule has 1 saturated heterocycles. The monoisotopic (exact) mass is 484 g/mol. The average Bonchev–Trinajstić information content (AvgIpc) is 2.47. The van der Waals surface area contributed by atoms with E-state index < -0.39 is 11.1 Å². The first kappa shape index (κ1) is 22.3. The van der Waals surface area contributed by atoms with Gasteiger partial charge in [-0.1, -0.05) is 22.6 Å². The number of hydrogen-bond donors (Lipinski definition) is 4. The summed E-state index contributed by atoms with van der Waals surface area (Å²) in [5.41, 5.74) is -0.0661. The zero-order valence-corrected chi connectivity index (χ0v) is 18.0. The van der Waals surface area contributed by atoms with Gasteiger partial charge in [0, 0.05) is 17.1 Å². The van der Waals surface area contributed by atoms with Crippen LogP contribution in [0.1, 0.15) is 50.0 Å². The molecule has 6 nitrogen and oxygen atoms in total. The second-order valence-corrected chi connectivity index (χ2v) is 8.96. The summed E-state index contributed by atoms with van der Waals surface area (Å²) in [5, 5.41) is 34.1. The Kier molecular flexibility index (Phi) is 6.65. The van der Waals surface area contributed by atoms with Gasteiger partial charge < -0.3 is 20.7 Å². The van der Waals surface area contributed by atoms with Gasteiger partial charge in [-0.3, -0.25) is 4.79 Å². The zero-order chi connectivity index (χ0) is 18.4. The third kappa shape index (κ3) is 4.15. The minimum Gasteiger partial charge on any atom is -0.504 e. The summed E-state index contributed by atoms with van der Waals surface area (Å²) >= 11 is 2.26. The quantitative estimate of drug-likeness (QED) is 0.293. The maximum absolute atomic E-state index is 12.7. The van der Waals surface area contributed by atoms with Gasteiger partial charge >= 0.3 is 0 Å². The number of hydroxylamine groups is 2. The van der Waals surface area contributed by atoms with Crippen LogP contribution in [0, 0.1) is 6.92 Å². The van der Waals surface area contributed by atoms with Crippen LogP contribution < -0.4 is 5.32 Å². The summed E-state index contributed by atoms with van der Waals surface area (Å²) in [6.45, 7) is 9.48. The molecule has 142 valence electrons. The molecule has 0 aromatic heterocycles. The summed E-state index contributed by atoms with van der Waals surface area (Å²) < 4.78 is -0.0110. The molecular formula is C17H26ClIN2O4. The molecule has 1 aliphatic heterocycles. The van der Waals surface area contributed by atoms with E-state index in [0.29, 0.717) is 17.5 Å². The molecule has 2 atom stereocenters. The van der Waals surface area contributed by atoms with Crippen LogP contribution in [0.5, 0.6) is 11.5 Å². The third-order valence-corrected chi connectivity index (χ3v) is 7.14. The fourth-order valence-electron chi connectivity index (χ4n) is 3.41. The highest BCUT2D eigenvalue weighted by atomic mass is 127. The number of amides is 1. The van der Waals surface area contributed by atoms with Crippen molar-refractivity contribution in [1.82, 2.24) is 10.4 Å². The number of carbonyl (C=O) groups excluding carboxylic acids is 1. The number of phenols is 2. The summed E-state index contributed by atoms with van der Waals surface area (Å²) in [4.78, 5) is 12.7. The van der Waals surface area contributed by atoms with Crippen molar-refractivity contribution < 1.29 is 20.2 Å². The molecule has 0 radical (unpaired) electrons. The Labute approximate surface area is 168 Å². The first-order valence-electron chi connectivity index (χ1n) is 7.84. The lowest BCUT2D eigenvalue weighted by atomic mass is 9.79. The number of nitrogens with one attached hydrogen (secondary N) is 1. The molecule has 8 heteroatoms. The molecule has 0 bridgehead atoms. The lowest BCUT2D eigenvalue weighted by Gasteiger charge is -2.54. The Morgan fingerprint density at radius 3 is 2.32 bits per heavy atom. The van der Waals surface area contributed by atoms with E-state index in [-0.39, 0.29) is 39.8 Å². The van der Waals surface area contributed by atoms with Gasteiger partial charge in [-0.25, -0.2) is 0 Å². The van der Waals surface area contributed by atoms with Gasteiger partial charge in [-0.05, 0) is 58.7 Å². The molecule has 0 saturated carbocycles. The Hall–Kier alpha value is -0.770. The highest BCUT2D eigenvalue weighted by Crippen LogP contribution is 2.41. The molecule has 1 heterocycles. The highest BCUT2D eigenvalue weighted by Gasteiger charge is 2.51. The van der Waals surface area contributed by atoms with Crippen molar-refractivity contribution in [2.75, 3.05) is 0 Å². The van der Waals surface area contributed by atoms with Gasteiger partial charge in [-0.15, -0.1) is 12.4 Å². The zero-order valence-electron chi connectivity index (χ0n) is 15.0. The molecule has 0 spiro atoms. The molecule has 0 aliphatic carbocycles. The number of benzene rings is 1. The summed E-state index contributed by atoms with van der Waals surface area (Å²) in [7, 11) is 0. The first-order valence-corrected chi connectivity index (χ1v) is 9.09. The van der Waals surface area contributed by atoms with Crippen LogP contribution in [-0.4, -0.2) is 47.4 Å². The SMILES string of the molecule is Cc1cc(O)c(O)cc1C(=O)NC1CC(C)(C)N(O)C(C)(C)C1I.Cl. The van der Waals surface area contributed by atoms with Gasteiger partial charge in [0.1, 0.15) is 0 Å². The average molecular weight is 485 g/mol. The van der Waals surface area contributed by atoms with Crippen molar-refractivity contribution in [2.24, 2.45) is 0 Å². The summed E-state index contributed by atoms with van der Waals surface area (Å²) in [6.07, 6.45) is 0.593. The Bertz CT molecular complexity index is 666. The molecule has 2 rings (SSSR count). The molecule has 1 aromatic rings. The number of piperidine rings is 1. The van der Waals surface area contributed by atoms with Crippen LogP contribution in [0.25, 0.3) is 0 Å². The molecule has 1 aromatic carbocycles. The molecular weight excluding hydrogens is 459 g/mol. The highest BCUT2D eigenvalue weighted by molar-refractivity contribution is 14.1. The standard InChI is InChI=1S/C17H25IN2O4.ClH/c1-9-6-12(21)13(22)7-10(9)15(23)19-11-8-16(2,3)20(24)17(4,5)14(11)18;/h6-7,11,14,21-22,24H,8H2,1-5H3,(H,19,23);1H. The minimum absolute atomic E-state index is 0. The Balaban J connectivity index is 0.00000312. The lowest BCUT2D eigenvalue weighted by Crippen LogP contribution is -2.68. The van der Waals surface area contributed by atoms with E-state index in [1.807, 2.05) is 27.7 Å². The minimum atomic E-state index is -0.508. The van der Waals surface area contributed by atoms with Crippen LogP contribution in [0.3, 0.4) is 0 Å². The van der Waals surface area contributed by atoms with E-state index in [1.54, 1.807) is 6.92 Å². The largest absolute Gasteiger partial charge is 0.504 e. The van der Waals surface area contributed by atoms with Crippen LogP contribution in [0.4, 0.5) is 0 Å². The van der Waals surface area contributed by atoms with E-state index in [0.717, 1.165) is 0 Å². The van der Waals surface area contributed by atoms with Gasteiger partial charge in [-0.2, -0.15) is 5.06 Å². The van der Waals surface area contributed by atoms with E-state index in [9.17, 15) is 20.2 Å². The maximum atomic E-state index is 12.7. The van der Waals surface area contributed by atoms with E-state index in [1.165, 1.54) is 17.2 Å². The van der Waals surface area contributed by atoms with Crippen molar-refractivity contribution in [3.8, 4) is 11.5 Å². The third-order valence-electron chi connectivity index (χ3n) is 4.75. The number of hydrogen-bond acceptors (Lipinski definition) is 5. The number of nitrogens with zero attached hydrogens (tertiary/aromatic N) is 1. The number of aryl methyl sites for hydroxylation is 1. The number of alkyl halides is 1. The Morgan fingerprint density at radius 1 is 1.24 bits per heavy atom. The topological polar surface area (TPSA) is 93.0 Å². The Morgan fingerprint density at radius 2 is 1.76 bits per heavy atom. The van der Waals surface area contributed by atoms with Gasteiger partial charge in [0.2, 0.25) is 0 Å². The van der Waals surface area contributed by atoms with E-state index in [4.69, 9.17) is 0 Å². The number of aromatic hydroxyl groups is 2. The predicted octanol–water partition coefficient (Wildman–Crippen LogP) is 3.38. The van der Waals surface area contributed by atoms with Crippen molar-refractivity contribution in [3.63, 3.8) is 0 Å². The number of rotatable bonds is 2. The first-order chi connectivity index (χ1) is 10.9. The van der Waals surface area contributed by atoms with E-state index >= 15 is 0 Å².